The molecule has 132 valence electrons. The van der Waals surface area contributed by atoms with Crippen molar-refractivity contribution in [1.29, 1.82) is 0 Å². The van der Waals surface area contributed by atoms with Gasteiger partial charge in [0.15, 0.2) is 5.96 Å². The minimum atomic E-state index is -4.15. The Morgan fingerprint density at radius 1 is 1.45 bits per heavy atom. The minimum Gasteiger partial charge on any atom is -0.396 e. The van der Waals surface area contributed by atoms with Gasteiger partial charge in [0.25, 0.3) is 0 Å². The summed E-state index contributed by atoms with van der Waals surface area (Å²) in [5, 5.41) is 15.2. The Morgan fingerprint density at radius 3 is 2.68 bits per heavy atom. The van der Waals surface area contributed by atoms with E-state index in [2.05, 4.69) is 15.6 Å². The lowest BCUT2D eigenvalue weighted by atomic mass is 10.2. The fourth-order valence-corrected chi connectivity index (χ4v) is 2.17. The number of nitrogens with zero attached hydrogens (tertiary/aromatic N) is 2. The van der Waals surface area contributed by atoms with Crippen LogP contribution in [0.1, 0.15) is 20.3 Å². The Balaban J connectivity index is 0.00000441. The zero-order valence-corrected chi connectivity index (χ0v) is 15.3. The normalized spacial score (nSPS) is 21.4. The van der Waals surface area contributed by atoms with Crippen molar-refractivity contribution in [1.82, 2.24) is 15.5 Å². The average molecular weight is 438 g/mol. The van der Waals surface area contributed by atoms with Crippen molar-refractivity contribution in [3.63, 3.8) is 0 Å². The highest BCUT2D eigenvalue weighted by Gasteiger charge is 2.34. The number of hydrogen-bond donors (Lipinski definition) is 3. The van der Waals surface area contributed by atoms with E-state index in [4.69, 9.17) is 5.11 Å². The highest BCUT2D eigenvalue weighted by Crippen LogP contribution is 2.19. The first kappa shape index (κ1) is 21.7. The molecule has 0 saturated carbocycles. The number of aliphatic hydroxyl groups is 1. The molecule has 1 heterocycles. The number of halogens is 4. The predicted octanol–water partition coefficient (Wildman–Crippen LogP) is 1.42. The number of guanidine groups is 1. The summed E-state index contributed by atoms with van der Waals surface area (Å²) in [6.45, 7) is 4.96. The topological polar surface area (TPSA) is 59.9 Å². The van der Waals surface area contributed by atoms with Crippen LogP contribution in [-0.4, -0.2) is 67.5 Å². The first-order valence-electron chi connectivity index (χ1n) is 7.28. The van der Waals surface area contributed by atoms with Crippen LogP contribution in [0.3, 0.4) is 0 Å². The van der Waals surface area contributed by atoms with Crippen molar-refractivity contribution in [2.45, 2.75) is 32.5 Å². The molecule has 2 unspecified atom stereocenters. The van der Waals surface area contributed by atoms with E-state index in [0.29, 0.717) is 38.6 Å². The molecule has 1 fully saturated rings. The van der Waals surface area contributed by atoms with Crippen molar-refractivity contribution >= 4 is 29.9 Å². The Bertz CT molecular complexity index is 342. The van der Waals surface area contributed by atoms with Crippen LogP contribution >= 0.6 is 24.0 Å². The van der Waals surface area contributed by atoms with E-state index in [1.807, 2.05) is 13.8 Å². The lowest BCUT2D eigenvalue weighted by molar-refractivity contribution is -0.143. The summed E-state index contributed by atoms with van der Waals surface area (Å²) < 4.78 is 37.0. The lowest BCUT2D eigenvalue weighted by Gasteiger charge is -2.20. The van der Waals surface area contributed by atoms with Gasteiger partial charge in [0, 0.05) is 38.8 Å². The molecule has 0 amide bonds. The van der Waals surface area contributed by atoms with Crippen LogP contribution in [0.5, 0.6) is 0 Å². The molecule has 0 aromatic heterocycles. The maximum atomic E-state index is 12.3. The number of nitrogens with one attached hydrogen (secondary N) is 2. The highest BCUT2D eigenvalue weighted by molar-refractivity contribution is 14.0. The van der Waals surface area contributed by atoms with Gasteiger partial charge in [-0.2, -0.15) is 13.2 Å². The van der Waals surface area contributed by atoms with Gasteiger partial charge in [0.2, 0.25) is 0 Å². The van der Waals surface area contributed by atoms with Crippen LogP contribution in [0, 0.1) is 5.92 Å². The van der Waals surface area contributed by atoms with Gasteiger partial charge in [0.1, 0.15) is 0 Å². The van der Waals surface area contributed by atoms with Crippen molar-refractivity contribution in [2.75, 3.05) is 39.3 Å². The quantitative estimate of drug-likeness (QED) is 0.334. The number of hydrogen-bond acceptors (Lipinski definition) is 3. The molecule has 1 aliphatic heterocycles. The molecule has 0 bridgehead atoms. The van der Waals surface area contributed by atoms with E-state index in [-0.39, 0.29) is 42.5 Å². The number of alkyl halides is 3. The molecule has 2 atom stereocenters. The number of aliphatic imine (C=N–C) groups is 1. The third kappa shape index (κ3) is 8.99. The van der Waals surface area contributed by atoms with Crippen LogP contribution in [0.25, 0.3) is 0 Å². The standard InChI is InChI=1S/C13H25F3N4O.HI/c1-3-17-12(18-6-10(2)8-21)19-11-4-5-20(7-11)9-13(14,15)16;/h10-11,21H,3-9H2,1-2H3,(H2,17,18,19);1H. The molecule has 0 aromatic rings. The molecule has 0 radical (unpaired) electrons. The van der Waals surface area contributed by atoms with Crippen LogP contribution in [-0.2, 0) is 0 Å². The Hall–Kier alpha value is -0.290. The fourth-order valence-electron chi connectivity index (χ4n) is 2.17. The summed E-state index contributed by atoms with van der Waals surface area (Å²) in [6, 6.07) is -0.0328. The SMILES string of the molecule is CCNC(=NCC(C)CO)NC1CCN(CC(F)(F)F)C1.I. The summed E-state index contributed by atoms with van der Waals surface area (Å²) in [6.07, 6.45) is -3.49. The van der Waals surface area contributed by atoms with Crippen molar-refractivity contribution in [3.05, 3.63) is 0 Å². The van der Waals surface area contributed by atoms with Crippen LogP contribution < -0.4 is 10.6 Å². The smallest absolute Gasteiger partial charge is 0.396 e. The third-order valence-electron chi connectivity index (χ3n) is 3.23. The third-order valence-corrected chi connectivity index (χ3v) is 3.23. The van der Waals surface area contributed by atoms with E-state index in [1.165, 1.54) is 4.90 Å². The maximum absolute atomic E-state index is 12.3. The van der Waals surface area contributed by atoms with Gasteiger partial charge < -0.3 is 15.7 Å². The van der Waals surface area contributed by atoms with Gasteiger partial charge in [-0.3, -0.25) is 9.89 Å². The maximum Gasteiger partial charge on any atom is 0.401 e. The summed E-state index contributed by atoms with van der Waals surface area (Å²) in [5.74, 6) is 0.655. The fraction of sp³-hybridized carbons (Fsp3) is 0.923. The molecule has 0 aliphatic carbocycles. The summed E-state index contributed by atoms with van der Waals surface area (Å²) in [7, 11) is 0. The zero-order valence-electron chi connectivity index (χ0n) is 13.0. The molecular formula is C13H26F3IN4O. The molecule has 5 nitrogen and oxygen atoms in total. The first-order valence-corrected chi connectivity index (χ1v) is 7.28. The van der Waals surface area contributed by atoms with E-state index < -0.39 is 12.7 Å². The predicted molar refractivity (Wildman–Crippen MR) is 91.7 cm³/mol. The van der Waals surface area contributed by atoms with Gasteiger partial charge in [-0.25, -0.2) is 0 Å². The average Bonchev–Trinajstić information content (AvgIpc) is 2.80. The second-order valence-electron chi connectivity index (χ2n) is 5.49. The van der Waals surface area contributed by atoms with E-state index in [9.17, 15) is 13.2 Å². The number of rotatable bonds is 6. The summed E-state index contributed by atoms with van der Waals surface area (Å²) in [4.78, 5) is 5.74. The van der Waals surface area contributed by atoms with Crippen molar-refractivity contribution in [3.8, 4) is 0 Å². The van der Waals surface area contributed by atoms with Gasteiger partial charge in [0.05, 0.1) is 6.54 Å². The van der Waals surface area contributed by atoms with Gasteiger partial charge in [-0.15, -0.1) is 24.0 Å². The van der Waals surface area contributed by atoms with Crippen LogP contribution in [0.4, 0.5) is 13.2 Å². The Labute approximate surface area is 146 Å². The highest BCUT2D eigenvalue weighted by atomic mass is 127. The molecule has 1 rings (SSSR count). The molecule has 9 heteroatoms. The second-order valence-corrected chi connectivity index (χ2v) is 5.49. The summed E-state index contributed by atoms with van der Waals surface area (Å²) >= 11 is 0. The van der Waals surface area contributed by atoms with Gasteiger partial charge >= 0.3 is 6.18 Å². The van der Waals surface area contributed by atoms with E-state index in [0.717, 1.165) is 0 Å². The summed E-state index contributed by atoms with van der Waals surface area (Å²) in [5.41, 5.74) is 0. The number of likely N-dealkylation sites (tertiary alicyclic amines) is 1. The number of aliphatic hydroxyl groups excluding tert-OH is 1. The molecule has 1 saturated heterocycles. The first-order chi connectivity index (χ1) is 9.84. The lowest BCUT2D eigenvalue weighted by Crippen LogP contribution is -2.45. The van der Waals surface area contributed by atoms with Crippen LogP contribution in [0.2, 0.25) is 0 Å². The van der Waals surface area contributed by atoms with Gasteiger partial charge in [-0.05, 0) is 19.3 Å². The minimum absolute atomic E-state index is 0. The molecule has 0 spiro atoms. The van der Waals surface area contributed by atoms with Crippen LogP contribution in [0.15, 0.2) is 4.99 Å². The molecule has 3 N–H and O–H groups in total. The monoisotopic (exact) mass is 438 g/mol. The molecule has 0 aromatic carbocycles. The Kier molecular flexibility index (Phi) is 10.3. The van der Waals surface area contributed by atoms with Crippen molar-refractivity contribution < 1.29 is 18.3 Å². The Morgan fingerprint density at radius 2 is 2.14 bits per heavy atom. The zero-order chi connectivity index (χ0) is 15.9. The van der Waals surface area contributed by atoms with Crippen molar-refractivity contribution in [2.24, 2.45) is 10.9 Å². The largest absolute Gasteiger partial charge is 0.401 e. The van der Waals surface area contributed by atoms with E-state index in [1.54, 1.807) is 0 Å². The molecule has 1 aliphatic rings. The second kappa shape index (κ2) is 10.5. The molecular weight excluding hydrogens is 412 g/mol. The molecule has 22 heavy (non-hydrogen) atoms. The van der Waals surface area contributed by atoms with Gasteiger partial charge in [-0.1, -0.05) is 6.92 Å². The van der Waals surface area contributed by atoms with E-state index >= 15 is 0 Å².